The van der Waals surface area contributed by atoms with E-state index < -0.39 is 0 Å². The Morgan fingerprint density at radius 3 is 2.05 bits per heavy atom. The molecule has 4 nitrogen and oxygen atoms in total. The molecule has 0 bridgehead atoms. The maximum absolute atomic E-state index is 5.64. The van der Waals surface area contributed by atoms with E-state index in [0.29, 0.717) is 13.2 Å². The number of hydrogen-bond donors (Lipinski definition) is 0. The Hall–Kier alpha value is 0.930. The molecule has 1 aromatic rings. The summed E-state index contributed by atoms with van der Waals surface area (Å²) in [5.74, 6) is 1.65. The summed E-state index contributed by atoms with van der Waals surface area (Å²) in [6.45, 7) is 5.68. The second-order valence-electron chi connectivity index (χ2n) is 3.32. The minimum Gasteiger partial charge on any atom is -0.466 e. The average molecular weight is 604 g/mol. The van der Waals surface area contributed by atoms with Gasteiger partial charge in [-0.1, -0.05) is 0 Å². The molecular weight excluding hydrogens is 589 g/mol. The normalized spacial score (nSPS) is 10.6. The number of ether oxygens (including phenoxy) is 4. The van der Waals surface area contributed by atoms with Gasteiger partial charge in [0.1, 0.15) is 5.75 Å². The van der Waals surface area contributed by atoms with Crippen LogP contribution in [0.25, 0.3) is 0 Å². The van der Waals surface area contributed by atoms with E-state index in [0.717, 1.165) is 22.2 Å². The highest BCUT2D eigenvalue weighted by Crippen LogP contribution is 2.37. The summed E-state index contributed by atoms with van der Waals surface area (Å²) in [4.78, 5) is 0. The summed E-state index contributed by atoms with van der Waals surface area (Å²) in [6, 6.07) is 1.95. The van der Waals surface area contributed by atoms with Crippen molar-refractivity contribution in [2.24, 2.45) is 0 Å². The molecule has 7 heteroatoms. The highest BCUT2D eigenvalue weighted by Gasteiger charge is 2.16. The fraction of sp³-hybridized carbons (Fsp3) is 0.500. The van der Waals surface area contributed by atoms with Crippen LogP contribution >= 0.6 is 67.8 Å². The van der Waals surface area contributed by atoms with Gasteiger partial charge in [0.2, 0.25) is 0 Å². The predicted octanol–water partition coefficient (Wildman–Crippen LogP) is 4.25. The minimum absolute atomic E-state index is 0.262. The molecule has 0 radical (unpaired) electrons. The zero-order valence-corrected chi connectivity index (χ0v) is 17.1. The average Bonchev–Trinajstić information content (AvgIpc) is 2.39. The summed E-state index contributed by atoms with van der Waals surface area (Å²) < 4.78 is 24.7. The second-order valence-corrected chi connectivity index (χ2v) is 6.64. The molecule has 0 N–H and O–H groups in total. The highest BCUT2D eigenvalue weighted by molar-refractivity contribution is 14.1. The van der Waals surface area contributed by atoms with Gasteiger partial charge in [-0.3, -0.25) is 0 Å². The predicted molar refractivity (Wildman–Crippen MR) is 98.8 cm³/mol. The molecule has 0 amide bonds. The quantitative estimate of drug-likeness (QED) is 0.193. The van der Waals surface area contributed by atoms with Crippen LogP contribution in [0.4, 0.5) is 0 Å². The molecule has 0 saturated carbocycles. The molecule has 0 aliphatic rings. The molecule has 0 atom stereocenters. The molecule has 19 heavy (non-hydrogen) atoms. The first-order valence-corrected chi connectivity index (χ1v) is 8.94. The molecule has 1 rings (SSSR count). The Kier molecular flexibility index (Phi) is 9.27. The Balaban J connectivity index is 2.82. The lowest BCUT2D eigenvalue weighted by Crippen LogP contribution is -2.08. The zero-order chi connectivity index (χ0) is 14.3. The van der Waals surface area contributed by atoms with Crippen molar-refractivity contribution in [2.75, 3.05) is 26.8 Å². The van der Waals surface area contributed by atoms with Gasteiger partial charge in [-0.15, -0.1) is 0 Å². The first-order chi connectivity index (χ1) is 9.11. The highest BCUT2D eigenvalue weighted by atomic mass is 127. The molecule has 0 spiro atoms. The smallest absolute Gasteiger partial charge is 0.189 e. The van der Waals surface area contributed by atoms with Gasteiger partial charge in [0.25, 0.3) is 0 Å². The third-order valence-electron chi connectivity index (χ3n) is 2.08. The van der Waals surface area contributed by atoms with Crippen molar-refractivity contribution in [1.29, 1.82) is 0 Å². The van der Waals surface area contributed by atoms with Crippen molar-refractivity contribution >= 4 is 67.8 Å². The Morgan fingerprint density at radius 2 is 1.47 bits per heavy atom. The third kappa shape index (κ3) is 5.67. The van der Waals surface area contributed by atoms with Gasteiger partial charge < -0.3 is 18.9 Å². The van der Waals surface area contributed by atoms with Crippen molar-refractivity contribution in [3.63, 3.8) is 0 Å². The van der Waals surface area contributed by atoms with Crippen LogP contribution in [0.2, 0.25) is 0 Å². The van der Waals surface area contributed by atoms with Crippen LogP contribution in [-0.2, 0) is 9.47 Å². The monoisotopic (exact) mass is 604 g/mol. The second kappa shape index (κ2) is 9.79. The van der Waals surface area contributed by atoms with E-state index in [9.17, 15) is 0 Å². The number of halogens is 3. The SMILES string of the molecule is CCOCOc1cc(I)c(OCOCC)c(I)c1I. The number of benzene rings is 1. The molecule has 1 aromatic carbocycles. The summed E-state index contributed by atoms with van der Waals surface area (Å²) in [7, 11) is 0. The van der Waals surface area contributed by atoms with E-state index in [2.05, 4.69) is 67.8 Å². The largest absolute Gasteiger partial charge is 0.466 e. The van der Waals surface area contributed by atoms with Gasteiger partial charge in [-0.25, -0.2) is 0 Å². The molecule has 108 valence electrons. The van der Waals surface area contributed by atoms with Crippen molar-refractivity contribution < 1.29 is 18.9 Å². The molecule has 0 fully saturated rings. The minimum atomic E-state index is 0.262. The maximum Gasteiger partial charge on any atom is 0.189 e. The van der Waals surface area contributed by atoms with Gasteiger partial charge >= 0.3 is 0 Å². The first-order valence-electron chi connectivity index (χ1n) is 5.70. The van der Waals surface area contributed by atoms with E-state index in [1.165, 1.54) is 0 Å². The van der Waals surface area contributed by atoms with Crippen LogP contribution in [0.5, 0.6) is 11.5 Å². The van der Waals surface area contributed by atoms with Crippen LogP contribution in [0.15, 0.2) is 6.07 Å². The summed E-state index contributed by atoms with van der Waals surface area (Å²) in [5, 5.41) is 0. The van der Waals surface area contributed by atoms with Gasteiger partial charge in [-0.2, -0.15) is 0 Å². The molecule has 0 unspecified atom stereocenters. The van der Waals surface area contributed by atoms with Crippen LogP contribution in [0.1, 0.15) is 13.8 Å². The standard InChI is InChI=1S/C12H15I3O4/c1-3-16-6-18-9-5-8(13)12(11(15)10(9)14)19-7-17-4-2/h5H,3-4,6-7H2,1-2H3. The molecule has 0 aliphatic carbocycles. The molecular formula is C12H15I3O4. The van der Waals surface area contributed by atoms with Gasteiger partial charge in [0, 0.05) is 13.2 Å². The fourth-order valence-electron chi connectivity index (χ4n) is 1.17. The first kappa shape index (κ1) is 18.0. The maximum atomic E-state index is 5.64. The molecule has 0 aromatic heterocycles. The van der Waals surface area contributed by atoms with Gasteiger partial charge in [0.05, 0.1) is 10.7 Å². The Morgan fingerprint density at radius 1 is 0.895 bits per heavy atom. The molecule has 0 heterocycles. The van der Waals surface area contributed by atoms with E-state index in [1.807, 2.05) is 19.9 Å². The van der Waals surface area contributed by atoms with Crippen LogP contribution < -0.4 is 9.47 Å². The summed E-state index contributed by atoms with van der Waals surface area (Å²) in [6.07, 6.45) is 0. The zero-order valence-electron chi connectivity index (χ0n) is 10.7. The van der Waals surface area contributed by atoms with Crippen molar-refractivity contribution in [2.45, 2.75) is 13.8 Å². The van der Waals surface area contributed by atoms with E-state index in [4.69, 9.17) is 18.9 Å². The number of rotatable bonds is 8. The van der Waals surface area contributed by atoms with E-state index in [1.54, 1.807) is 0 Å². The number of hydrogen-bond acceptors (Lipinski definition) is 4. The lowest BCUT2D eigenvalue weighted by Gasteiger charge is -2.15. The Bertz CT molecular complexity index is 412. The van der Waals surface area contributed by atoms with Crippen LogP contribution in [0, 0.1) is 10.7 Å². The Labute approximate surface area is 154 Å². The lowest BCUT2D eigenvalue weighted by molar-refractivity contribution is 0.0187. The topological polar surface area (TPSA) is 36.9 Å². The van der Waals surface area contributed by atoms with Crippen LogP contribution in [-0.4, -0.2) is 26.8 Å². The van der Waals surface area contributed by atoms with Crippen molar-refractivity contribution in [1.82, 2.24) is 0 Å². The van der Waals surface area contributed by atoms with Gasteiger partial charge in [0.15, 0.2) is 19.3 Å². The van der Waals surface area contributed by atoms with Gasteiger partial charge in [-0.05, 0) is 87.7 Å². The molecule has 0 saturated heterocycles. The molecule has 0 aliphatic heterocycles. The fourth-order valence-corrected chi connectivity index (χ4v) is 3.66. The van der Waals surface area contributed by atoms with Crippen molar-refractivity contribution in [3.05, 3.63) is 16.8 Å². The summed E-state index contributed by atoms with van der Waals surface area (Å²) in [5.41, 5.74) is 0. The van der Waals surface area contributed by atoms with E-state index >= 15 is 0 Å². The van der Waals surface area contributed by atoms with Crippen molar-refractivity contribution in [3.8, 4) is 11.5 Å². The third-order valence-corrected chi connectivity index (χ3v) is 6.01. The summed E-state index contributed by atoms with van der Waals surface area (Å²) >= 11 is 6.73. The lowest BCUT2D eigenvalue weighted by atomic mass is 10.3. The van der Waals surface area contributed by atoms with Crippen LogP contribution in [0.3, 0.4) is 0 Å². The van der Waals surface area contributed by atoms with E-state index in [-0.39, 0.29) is 13.6 Å².